The van der Waals surface area contributed by atoms with Crippen LogP contribution in [0.2, 0.25) is 5.02 Å². The third-order valence-corrected chi connectivity index (χ3v) is 5.36. The molecule has 3 aromatic carbocycles. The zero-order chi connectivity index (χ0) is 20.1. The van der Waals surface area contributed by atoms with Gasteiger partial charge in [-0.2, -0.15) is 4.98 Å². The van der Waals surface area contributed by atoms with Crippen molar-refractivity contribution in [3.63, 3.8) is 0 Å². The molecule has 0 spiro atoms. The maximum Gasteiger partial charge on any atom is 0.259 e. The van der Waals surface area contributed by atoms with Gasteiger partial charge in [0, 0.05) is 5.56 Å². The van der Waals surface area contributed by atoms with Crippen molar-refractivity contribution < 1.29 is 4.52 Å². The second-order valence-corrected chi connectivity index (χ2v) is 7.54. The molecular formula is C25H23ClN2O. The molecule has 3 nitrogen and oxygen atoms in total. The van der Waals surface area contributed by atoms with Crippen LogP contribution in [0.25, 0.3) is 34.0 Å². The fraction of sp³-hybridized carbons (Fsp3) is 0.200. The first-order valence-electron chi connectivity index (χ1n) is 10.0. The largest absolute Gasteiger partial charge is 0.334 e. The molecule has 4 rings (SSSR count). The molecule has 0 aliphatic heterocycles. The van der Waals surface area contributed by atoms with Crippen LogP contribution in [0.3, 0.4) is 0 Å². The van der Waals surface area contributed by atoms with Gasteiger partial charge in [-0.1, -0.05) is 97.2 Å². The predicted octanol–water partition coefficient (Wildman–Crippen LogP) is 7.46. The third-order valence-electron chi connectivity index (χ3n) is 5.03. The summed E-state index contributed by atoms with van der Waals surface area (Å²) in [6.07, 6.45) is 4.95. The summed E-state index contributed by atoms with van der Waals surface area (Å²) in [5.74, 6) is 0.978. The van der Waals surface area contributed by atoms with Gasteiger partial charge in [-0.05, 0) is 41.7 Å². The van der Waals surface area contributed by atoms with Gasteiger partial charge in [0.2, 0.25) is 5.82 Å². The summed E-state index contributed by atoms with van der Waals surface area (Å²) < 4.78 is 5.41. The van der Waals surface area contributed by atoms with E-state index in [1.165, 1.54) is 36.0 Å². The molecule has 4 aromatic rings. The normalized spacial score (nSPS) is 11.0. The Labute approximate surface area is 176 Å². The van der Waals surface area contributed by atoms with E-state index in [-0.39, 0.29) is 0 Å². The molecule has 146 valence electrons. The number of benzene rings is 3. The Morgan fingerprint density at radius 3 is 2.14 bits per heavy atom. The summed E-state index contributed by atoms with van der Waals surface area (Å²) in [5.41, 5.74) is 5.43. The van der Waals surface area contributed by atoms with Gasteiger partial charge in [0.15, 0.2) is 0 Å². The van der Waals surface area contributed by atoms with Crippen molar-refractivity contribution in [2.24, 2.45) is 0 Å². The Kier molecular flexibility index (Phi) is 6.06. The predicted molar refractivity (Wildman–Crippen MR) is 119 cm³/mol. The van der Waals surface area contributed by atoms with Gasteiger partial charge in [0.25, 0.3) is 5.89 Å². The zero-order valence-electron chi connectivity index (χ0n) is 16.4. The van der Waals surface area contributed by atoms with Gasteiger partial charge < -0.3 is 4.52 Å². The number of aryl methyl sites for hydroxylation is 1. The van der Waals surface area contributed by atoms with Crippen LogP contribution >= 0.6 is 11.6 Å². The van der Waals surface area contributed by atoms with Gasteiger partial charge in [-0.3, -0.25) is 0 Å². The van der Waals surface area contributed by atoms with Gasteiger partial charge in [-0.25, -0.2) is 0 Å². The minimum absolute atomic E-state index is 0.424. The molecule has 0 amide bonds. The number of halogens is 1. The number of unbranched alkanes of at least 4 members (excludes halogenated alkanes) is 2. The molecule has 0 fully saturated rings. The highest BCUT2D eigenvalue weighted by Gasteiger charge is 2.13. The highest BCUT2D eigenvalue weighted by atomic mass is 35.5. The highest BCUT2D eigenvalue weighted by molar-refractivity contribution is 6.33. The average Bonchev–Trinajstić information content (AvgIpc) is 3.25. The van der Waals surface area contributed by atoms with Crippen molar-refractivity contribution in [1.29, 1.82) is 0 Å². The standard InChI is InChI=1S/C25H23ClN2O/c1-2-3-4-7-18-10-12-19(13-11-18)20-14-16-21(17-15-20)24-27-25(29-28-24)22-8-5-6-9-23(22)26/h5-6,8-17H,2-4,7H2,1H3. The van der Waals surface area contributed by atoms with Crippen LogP contribution in [0.1, 0.15) is 31.7 Å². The molecule has 0 saturated carbocycles. The minimum Gasteiger partial charge on any atom is -0.334 e. The summed E-state index contributed by atoms with van der Waals surface area (Å²) in [4.78, 5) is 4.50. The number of aromatic nitrogens is 2. The van der Waals surface area contributed by atoms with E-state index in [1.807, 2.05) is 36.4 Å². The number of hydrogen-bond donors (Lipinski definition) is 0. The lowest BCUT2D eigenvalue weighted by Gasteiger charge is -2.05. The molecule has 0 aliphatic rings. The second-order valence-electron chi connectivity index (χ2n) is 7.13. The van der Waals surface area contributed by atoms with Crippen LogP contribution in [0.15, 0.2) is 77.3 Å². The molecule has 4 heteroatoms. The Morgan fingerprint density at radius 2 is 1.45 bits per heavy atom. The molecule has 0 aliphatic carbocycles. The molecule has 1 heterocycles. The quantitative estimate of drug-likeness (QED) is 0.301. The number of rotatable bonds is 7. The number of nitrogens with zero attached hydrogens (tertiary/aromatic N) is 2. The van der Waals surface area contributed by atoms with Crippen molar-refractivity contribution in [1.82, 2.24) is 10.1 Å². The van der Waals surface area contributed by atoms with Crippen LogP contribution in [0, 0.1) is 0 Å². The molecule has 29 heavy (non-hydrogen) atoms. The minimum atomic E-state index is 0.424. The monoisotopic (exact) mass is 402 g/mol. The van der Waals surface area contributed by atoms with Crippen molar-refractivity contribution >= 4 is 11.6 Å². The Balaban J connectivity index is 1.49. The lowest BCUT2D eigenvalue weighted by molar-refractivity contribution is 0.432. The van der Waals surface area contributed by atoms with Gasteiger partial charge >= 0.3 is 0 Å². The fourth-order valence-corrected chi connectivity index (χ4v) is 3.56. The Hall–Kier alpha value is -2.91. The summed E-state index contributed by atoms with van der Waals surface area (Å²) in [6.45, 7) is 2.24. The Bertz CT molecular complexity index is 1070. The summed E-state index contributed by atoms with van der Waals surface area (Å²) in [7, 11) is 0. The van der Waals surface area contributed by atoms with E-state index in [2.05, 4.69) is 53.5 Å². The van der Waals surface area contributed by atoms with E-state index in [0.717, 1.165) is 17.5 Å². The first-order valence-corrected chi connectivity index (χ1v) is 10.4. The van der Waals surface area contributed by atoms with E-state index in [4.69, 9.17) is 16.1 Å². The molecule has 0 unspecified atom stereocenters. The summed E-state index contributed by atoms with van der Waals surface area (Å²) in [6, 6.07) is 24.5. The summed E-state index contributed by atoms with van der Waals surface area (Å²) >= 11 is 6.22. The summed E-state index contributed by atoms with van der Waals surface area (Å²) in [5, 5.41) is 4.70. The highest BCUT2D eigenvalue weighted by Crippen LogP contribution is 2.29. The molecule has 1 aromatic heterocycles. The maximum absolute atomic E-state index is 6.22. The van der Waals surface area contributed by atoms with Crippen molar-refractivity contribution in [3.05, 3.63) is 83.4 Å². The van der Waals surface area contributed by atoms with E-state index in [1.54, 1.807) is 0 Å². The van der Waals surface area contributed by atoms with E-state index < -0.39 is 0 Å². The molecule has 0 N–H and O–H groups in total. The van der Waals surface area contributed by atoms with Gasteiger partial charge in [-0.15, -0.1) is 0 Å². The first kappa shape index (κ1) is 19.4. The van der Waals surface area contributed by atoms with E-state index in [0.29, 0.717) is 16.7 Å². The van der Waals surface area contributed by atoms with Crippen LogP contribution in [-0.4, -0.2) is 10.1 Å². The maximum atomic E-state index is 6.22. The fourth-order valence-electron chi connectivity index (χ4n) is 3.34. The number of hydrogen-bond acceptors (Lipinski definition) is 3. The third kappa shape index (κ3) is 4.57. The lowest BCUT2D eigenvalue weighted by atomic mass is 10.0. The molecule has 0 radical (unpaired) electrons. The SMILES string of the molecule is CCCCCc1ccc(-c2ccc(-c3noc(-c4ccccc4Cl)n3)cc2)cc1. The Morgan fingerprint density at radius 1 is 0.793 bits per heavy atom. The van der Waals surface area contributed by atoms with Gasteiger partial charge in [0.05, 0.1) is 10.6 Å². The van der Waals surface area contributed by atoms with Crippen LogP contribution in [0.5, 0.6) is 0 Å². The van der Waals surface area contributed by atoms with Crippen LogP contribution in [0.4, 0.5) is 0 Å². The van der Waals surface area contributed by atoms with Crippen molar-refractivity contribution in [2.45, 2.75) is 32.6 Å². The second kappa shape index (κ2) is 9.06. The van der Waals surface area contributed by atoms with E-state index >= 15 is 0 Å². The molecular weight excluding hydrogens is 380 g/mol. The lowest BCUT2D eigenvalue weighted by Crippen LogP contribution is -1.86. The smallest absolute Gasteiger partial charge is 0.259 e. The molecule has 0 saturated heterocycles. The van der Waals surface area contributed by atoms with Crippen molar-refractivity contribution in [3.8, 4) is 34.0 Å². The topological polar surface area (TPSA) is 38.9 Å². The molecule has 0 atom stereocenters. The van der Waals surface area contributed by atoms with Crippen molar-refractivity contribution in [2.75, 3.05) is 0 Å². The average molecular weight is 403 g/mol. The molecule has 0 bridgehead atoms. The first-order chi connectivity index (χ1) is 14.2. The zero-order valence-corrected chi connectivity index (χ0v) is 17.2. The van der Waals surface area contributed by atoms with Crippen LogP contribution in [-0.2, 0) is 6.42 Å². The van der Waals surface area contributed by atoms with E-state index in [9.17, 15) is 0 Å². The van der Waals surface area contributed by atoms with Gasteiger partial charge in [0.1, 0.15) is 0 Å². The van der Waals surface area contributed by atoms with Crippen LogP contribution < -0.4 is 0 Å².